The Bertz CT molecular complexity index is 864. The molecule has 0 spiro atoms. The van der Waals surface area contributed by atoms with Gasteiger partial charge in [-0.25, -0.2) is 4.79 Å². The number of rotatable bonds is 5. The molecule has 0 radical (unpaired) electrons. The highest BCUT2D eigenvalue weighted by molar-refractivity contribution is 5.91. The van der Waals surface area contributed by atoms with Crippen molar-refractivity contribution in [2.45, 2.75) is 6.92 Å². The normalized spacial score (nSPS) is 10.3. The average molecular weight is 339 g/mol. The van der Waals surface area contributed by atoms with Gasteiger partial charge in [0.1, 0.15) is 5.75 Å². The van der Waals surface area contributed by atoms with Gasteiger partial charge >= 0.3 is 6.03 Å². The van der Waals surface area contributed by atoms with Crippen LogP contribution in [0.25, 0.3) is 22.6 Å². The molecule has 0 saturated carbocycles. The van der Waals surface area contributed by atoms with Gasteiger partial charge in [-0.1, -0.05) is 6.07 Å². The van der Waals surface area contributed by atoms with Crippen molar-refractivity contribution < 1.29 is 13.9 Å². The van der Waals surface area contributed by atoms with Crippen molar-refractivity contribution in [3.8, 4) is 28.3 Å². The van der Waals surface area contributed by atoms with Gasteiger partial charge in [0.2, 0.25) is 12.3 Å². The number of carbonyl (C=O) groups excluding carboxylic acids is 1. The molecule has 25 heavy (non-hydrogen) atoms. The first-order chi connectivity index (χ1) is 12.2. The molecule has 2 heterocycles. The van der Waals surface area contributed by atoms with Crippen LogP contribution >= 0.6 is 0 Å². The summed E-state index contributed by atoms with van der Waals surface area (Å²) >= 11 is 0. The molecule has 3 rings (SSSR count). The Labute approximate surface area is 144 Å². The van der Waals surface area contributed by atoms with Crippen LogP contribution in [0.15, 0.2) is 47.5 Å². The van der Waals surface area contributed by atoms with E-state index in [0.29, 0.717) is 23.9 Å². The van der Waals surface area contributed by atoms with Crippen molar-refractivity contribution in [2.24, 2.45) is 0 Å². The zero-order chi connectivity index (χ0) is 17.6. The van der Waals surface area contributed by atoms with Gasteiger partial charge in [-0.2, -0.15) is 0 Å². The molecule has 2 amide bonds. The van der Waals surface area contributed by atoms with Gasteiger partial charge in [0.15, 0.2) is 0 Å². The van der Waals surface area contributed by atoms with E-state index in [1.54, 1.807) is 25.6 Å². The molecule has 0 aliphatic rings. The monoisotopic (exact) mass is 339 g/mol. The zero-order valence-corrected chi connectivity index (χ0v) is 13.8. The first-order valence-corrected chi connectivity index (χ1v) is 7.66. The van der Waals surface area contributed by atoms with Crippen molar-refractivity contribution in [1.29, 1.82) is 0 Å². The van der Waals surface area contributed by atoms with Gasteiger partial charge < -0.3 is 19.8 Å². The summed E-state index contributed by atoms with van der Waals surface area (Å²) in [4.78, 5) is 15.9. The lowest BCUT2D eigenvalue weighted by atomic mass is 10.0. The molecule has 8 nitrogen and oxygen atoms in total. The molecule has 0 aliphatic heterocycles. The number of methoxy groups -OCH3 is 1. The number of nitrogens with one attached hydrogen (secondary N) is 2. The molecule has 0 fully saturated rings. The highest BCUT2D eigenvalue weighted by Gasteiger charge is 2.11. The Morgan fingerprint density at radius 1 is 1.20 bits per heavy atom. The summed E-state index contributed by atoms with van der Waals surface area (Å²) < 4.78 is 10.6. The number of benzene rings is 1. The molecule has 128 valence electrons. The molecule has 0 atom stereocenters. The molecular formula is C17H17N5O3. The van der Waals surface area contributed by atoms with Crippen molar-refractivity contribution >= 4 is 11.7 Å². The lowest BCUT2D eigenvalue weighted by molar-refractivity contribution is 0.252. The summed E-state index contributed by atoms with van der Waals surface area (Å²) in [6.07, 6.45) is 4.65. The largest absolute Gasteiger partial charge is 0.495 e. The van der Waals surface area contributed by atoms with Crippen LogP contribution in [0.3, 0.4) is 0 Å². The number of nitrogens with zero attached hydrogens (tertiary/aromatic N) is 3. The number of urea groups is 1. The number of anilines is 1. The summed E-state index contributed by atoms with van der Waals surface area (Å²) in [5.74, 6) is 0.947. The Kier molecular flexibility index (Phi) is 4.89. The number of pyridine rings is 1. The number of aromatic nitrogens is 3. The quantitative estimate of drug-likeness (QED) is 0.741. The van der Waals surface area contributed by atoms with E-state index in [-0.39, 0.29) is 6.03 Å². The Morgan fingerprint density at radius 2 is 2.04 bits per heavy atom. The third kappa shape index (κ3) is 3.74. The predicted molar refractivity (Wildman–Crippen MR) is 92.2 cm³/mol. The van der Waals surface area contributed by atoms with E-state index < -0.39 is 0 Å². The second-order valence-electron chi connectivity index (χ2n) is 5.11. The van der Waals surface area contributed by atoms with Gasteiger partial charge in [0.05, 0.1) is 18.4 Å². The number of hydrogen-bond donors (Lipinski definition) is 2. The lowest BCUT2D eigenvalue weighted by Gasteiger charge is -2.12. The lowest BCUT2D eigenvalue weighted by Crippen LogP contribution is -2.28. The minimum Gasteiger partial charge on any atom is -0.495 e. The van der Waals surface area contributed by atoms with Crippen molar-refractivity contribution in [3.05, 3.63) is 43.1 Å². The first kappa shape index (κ1) is 16.4. The summed E-state index contributed by atoms with van der Waals surface area (Å²) in [6.45, 7) is 2.39. The fraction of sp³-hybridized carbons (Fsp3) is 0.176. The van der Waals surface area contributed by atoms with Gasteiger partial charge in [-0.15, -0.1) is 10.2 Å². The second kappa shape index (κ2) is 7.43. The van der Waals surface area contributed by atoms with Crippen LogP contribution in [0, 0.1) is 0 Å². The summed E-state index contributed by atoms with van der Waals surface area (Å²) in [5.41, 5.74) is 3.04. The van der Waals surface area contributed by atoms with Crippen LogP contribution in [0.2, 0.25) is 0 Å². The van der Waals surface area contributed by atoms with E-state index in [9.17, 15) is 4.79 Å². The molecule has 8 heteroatoms. The standard InChI is InChI=1S/C17H17N5O3/c1-3-19-17(23)21-14-5-4-11(7-15(14)24-2)12-6-13(9-18-8-12)16-22-20-10-25-16/h4-10H,3H2,1-2H3,(H2,19,21,23). The van der Waals surface area contributed by atoms with Crippen molar-refractivity contribution in [2.75, 3.05) is 19.0 Å². The van der Waals surface area contributed by atoms with Crippen LogP contribution in [-0.4, -0.2) is 34.9 Å². The smallest absolute Gasteiger partial charge is 0.319 e. The van der Waals surface area contributed by atoms with Crippen LogP contribution in [0.4, 0.5) is 10.5 Å². The highest BCUT2D eigenvalue weighted by Crippen LogP contribution is 2.31. The van der Waals surface area contributed by atoms with E-state index in [2.05, 4.69) is 25.8 Å². The van der Waals surface area contributed by atoms with E-state index >= 15 is 0 Å². The van der Waals surface area contributed by atoms with E-state index in [1.807, 2.05) is 25.1 Å². The maximum Gasteiger partial charge on any atom is 0.319 e. The third-order valence-corrected chi connectivity index (χ3v) is 3.47. The molecule has 0 aliphatic carbocycles. The van der Waals surface area contributed by atoms with Crippen LogP contribution in [-0.2, 0) is 0 Å². The van der Waals surface area contributed by atoms with Crippen molar-refractivity contribution in [1.82, 2.24) is 20.5 Å². The SMILES string of the molecule is CCNC(=O)Nc1ccc(-c2cncc(-c3nnco3)c2)cc1OC. The fourth-order valence-electron chi connectivity index (χ4n) is 2.31. The Balaban J connectivity index is 1.90. The molecule has 2 N–H and O–H groups in total. The van der Waals surface area contributed by atoms with E-state index in [0.717, 1.165) is 16.7 Å². The van der Waals surface area contributed by atoms with E-state index in [1.165, 1.54) is 6.39 Å². The topological polar surface area (TPSA) is 102 Å². The molecule has 0 saturated heterocycles. The zero-order valence-electron chi connectivity index (χ0n) is 13.8. The summed E-state index contributed by atoms with van der Waals surface area (Å²) in [5, 5.41) is 13.0. The average Bonchev–Trinajstić information content (AvgIpc) is 3.17. The van der Waals surface area contributed by atoms with Gasteiger partial charge in [0, 0.05) is 24.5 Å². The maximum absolute atomic E-state index is 11.7. The molecule has 3 aromatic rings. The van der Waals surface area contributed by atoms with Crippen LogP contribution in [0.5, 0.6) is 5.75 Å². The number of ether oxygens (including phenoxy) is 1. The number of amides is 2. The molecule has 1 aromatic carbocycles. The second-order valence-corrected chi connectivity index (χ2v) is 5.11. The van der Waals surface area contributed by atoms with Gasteiger partial charge in [-0.3, -0.25) is 4.98 Å². The summed E-state index contributed by atoms with van der Waals surface area (Å²) in [6, 6.07) is 7.10. The van der Waals surface area contributed by atoms with Gasteiger partial charge in [0.25, 0.3) is 0 Å². The molecule has 2 aromatic heterocycles. The van der Waals surface area contributed by atoms with Crippen LogP contribution in [0.1, 0.15) is 6.92 Å². The fourth-order valence-corrected chi connectivity index (χ4v) is 2.31. The summed E-state index contributed by atoms with van der Waals surface area (Å²) in [7, 11) is 1.55. The van der Waals surface area contributed by atoms with Crippen molar-refractivity contribution in [3.63, 3.8) is 0 Å². The minimum atomic E-state index is -0.284. The Morgan fingerprint density at radius 3 is 2.76 bits per heavy atom. The number of hydrogen-bond acceptors (Lipinski definition) is 6. The first-order valence-electron chi connectivity index (χ1n) is 7.66. The van der Waals surface area contributed by atoms with Gasteiger partial charge in [-0.05, 0) is 30.7 Å². The number of carbonyl (C=O) groups is 1. The Hall–Kier alpha value is -3.42. The van der Waals surface area contributed by atoms with Crippen LogP contribution < -0.4 is 15.4 Å². The predicted octanol–water partition coefficient (Wildman–Crippen LogP) is 2.95. The van der Waals surface area contributed by atoms with E-state index in [4.69, 9.17) is 9.15 Å². The molecule has 0 unspecified atom stereocenters. The highest BCUT2D eigenvalue weighted by atomic mass is 16.5. The maximum atomic E-state index is 11.7. The third-order valence-electron chi connectivity index (χ3n) is 3.47. The molecular weight excluding hydrogens is 322 g/mol. The minimum absolute atomic E-state index is 0.284. The molecule has 0 bridgehead atoms.